The molecule has 0 radical (unpaired) electrons. The predicted octanol–water partition coefficient (Wildman–Crippen LogP) is 2.42. The Morgan fingerprint density at radius 3 is 2.30 bits per heavy atom. The molecule has 2 aliphatic rings. The molecule has 6 heteroatoms. The molecular weight excluding hydrogens is 314 g/mol. The molecule has 4 rings (SSSR count). The smallest absolute Gasteiger partial charge is 0.316 e. The highest BCUT2D eigenvalue weighted by Gasteiger charge is 2.56. The van der Waals surface area contributed by atoms with Gasteiger partial charge in [0.1, 0.15) is 12.0 Å². The minimum atomic E-state index is -3.56. The Morgan fingerprint density at radius 2 is 1.65 bits per heavy atom. The molecule has 0 bridgehead atoms. The number of para-hydroxylation sites is 1. The molecule has 2 heterocycles. The Kier molecular flexibility index (Phi) is 2.99. The molecule has 0 aliphatic carbocycles. The Labute approximate surface area is 134 Å². The summed E-state index contributed by atoms with van der Waals surface area (Å²) in [4.78, 5) is 12.1. The van der Waals surface area contributed by atoms with Gasteiger partial charge in [-0.1, -0.05) is 48.5 Å². The molecule has 5 nitrogen and oxygen atoms in total. The second kappa shape index (κ2) is 4.83. The zero-order valence-corrected chi connectivity index (χ0v) is 13.2. The maximum Gasteiger partial charge on any atom is 0.316 e. The monoisotopic (exact) mass is 329 g/mol. The fraction of sp³-hybridized carbons (Fsp3) is 0.235. The zero-order valence-electron chi connectivity index (χ0n) is 12.4. The van der Waals surface area contributed by atoms with Crippen molar-refractivity contribution in [2.24, 2.45) is 5.92 Å². The second-order valence-electron chi connectivity index (χ2n) is 5.86. The fourth-order valence-corrected chi connectivity index (χ4v) is 4.67. The van der Waals surface area contributed by atoms with Crippen LogP contribution in [-0.4, -0.2) is 20.6 Å². The van der Waals surface area contributed by atoms with Crippen LogP contribution in [0, 0.1) is 5.92 Å². The van der Waals surface area contributed by atoms with Gasteiger partial charge in [0.25, 0.3) is 0 Å². The van der Waals surface area contributed by atoms with Crippen molar-refractivity contribution in [2.45, 2.75) is 12.1 Å². The first-order valence-electron chi connectivity index (χ1n) is 7.32. The fourth-order valence-electron chi connectivity index (χ4n) is 3.48. The molecule has 2 aliphatic heterocycles. The van der Waals surface area contributed by atoms with Gasteiger partial charge in [-0.2, -0.15) is 0 Å². The molecule has 2 unspecified atom stereocenters. The highest BCUT2D eigenvalue weighted by Crippen LogP contribution is 2.55. The van der Waals surface area contributed by atoms with E-state index >= 15 is 0 Å². The quantitative estimate of drug-likeness (QED) is 0.794. The summed E-state index contributed by atoms with van der Waals surface area (Å²) in [6, 6.07) is 15.9. The average Bonchev–Trinajstić information content (AvgIpc) is 2.52. The van der Waals surface area contributed by atoms with Gasteiger partial charge >= 0.3 is 5.97 Å². The standard InChI is InChI=1S/C17H15NO4S/c1-23(20,21)18-13-10-6-5-9-12(13)16-14(17(19)22-16)15(18)11-7-3-2-4-8-11/h2-10,14-16H,1H3/t14?,15-,16?/m0/s1. The van der Waals surface area contributed by atoms with Crippen LogP contribution in [0.15, 0.2) is 54.6 Å². The van der Waals surface area contributed by atoms with Crippen LogP contribution in [-0.2, 0) is 19.6 Å². The number of nitrogens with zero attached hydrogens (tertiary/aromatic N) is 1. The molecule has 0 saturated carbocycles. The number of benzene rings is 2. The van der Waals surface area contributed by atoms with Gasteiger partial charge in [-0.3, -0.25) is 9.10 Å². The SMILES string of the molecule is CS(=O)(=O)N1c2ccccc2C2OC(=O)C2[C@@H]1c1ccccc1. The van der Waals surface area contributed by atoms with E-state index < -0.39 is 22.0 Å². The summed E-state index contributed by atoms with van der Waals surface area (Å²) in [5.74, 6) is -0.867. The maximum absolute atomic E-state index is 12.5. The number of ether oxygens (including phenoxy) is 1. The van der Waals surface area contributed by atoms with E-state index in [0.717, 1.165) is 11.1 Å². The molecule has 2 aromatic carbocycles. The summed E-state index contributed by atoms with van der Waals surface area (Å²) in [5, 5.41) is 0. The normalized spacial score (nSPS) is 25.9. The Balaban J connectivity index is 1.97. The summed E-state index contributed by atoms with van der Waals surface area (Å²) in [6.45, 7) is 0. The lowest BCUT2D eigenvalue weighted by Crippen LogP contribution is -2.53. The van der Waals surface area contributed by atoms with Gasteiger partial charge in [0.05, 0.1) is 18.0 Å². The summed E-state index contributed by atoms with van der Waals surface area (Å²) < 4.78 is 31.7. The molecule has 23 heavy (non-hydrogen) atoms. The van der Waals surface area contributed by atoms with Crippen molar-refractivity contribution in [3.05, 3.63) is 65.7 Å². The van der Waals surface area contributed by atoms with E-state index in [1.807, 2.05) is 42.5 Å². The Bertz CT molecular complexity index is 878. The largest absolute Gasteiger partial charge is 0.456 e. The molecule has 1 saturated heterocycles. The second-order valence-corrected chi connectivity index (χ2v) is 7.72. The van der Waals surface area contributed by atoms with Crippen LogP contribution >= 0.6 is 0 Å². The zero-order chi connectivity index (χ0) is 16.2. The van der Waals surface area contributed by atoms with Crippen molar-refractivity contribution in [1.82, 2.24) is 0 Å². The van der Waals surface area contributed by atoms with E-state index in [-0.39, 0.29) is 12.1 Å². The van der Waals surface area contributed by atoms with Gasteiger partial charge in [0, 0.05) is 5.56 Å². The molecular formula is C17H15NO4S. The number of fused-ring (bicyclic) bond motifs is 3. The third-order valence-electron chi connectivity index (χ3n) is 4.41. The van der Waals surface area contributed by atoms with Gasteiger partial charge in [-0.25, -0.2) is 8.42 Å². The van der Waals surface area contributed by atoms with Crippen molar-refractivity contribution in [3.63, 3.8) is 0 Å². The van der Waals surface area contributed by atoms with Crippen LogP contribution in [0.3, 0.4) is 0 Å². The van der Waals surface area contributed by atoms with Crippen LogP contribution < -0.4 is 4.31 Å². The van der Waals surface area contributed by atoms with E-state index in [1.54, 1.807) is 12.1 Å². The summed E-state index contributed by atoms with van der Waals surface area (Å²) in [5.41, 5.74) is 2.12. The minimum absolute atomic E-state index is 0.355. The van der Waals surface area contributed by atoms with Crippen LogP contribution in [0.25, 0.3) is 0 Å². The van der Waals surface area contributed by atoms with Gasteiger partial charge < -0.3 is 4.74 Å². The number of sulfonamides is 1. The van der Waals surface area contributed by atoms with E-state index in [9.17, 15) is 13.2 Å². The predicted molar refractivity (Wildman–Crippen MR) is 85.3 cm³/mol. The average molecular weight is 329 g/mol. The van der Waals surface area contributed by atoms with Crippen LogP contribution in [0.5, 0.6) is 0 Å². The van der Waals surface area contributed by atoms with Crippen LogP contribution in [0.4, 0.5) is 5.69 Å². The van der Waals surface area contributed by atoms with Gasteiger partial charge in [0.15, 0.2) is 0 Å². The number of rotatable bonds is 2. The van der Waals surface area contributed by atoms with Crippen molar-refractivity contribution >= 4 is 21.7 Å². The third-order valence-corrected chi connectivity index (χ3v) is 5.55. The summed E-state index contributed by atoms with van der Waals surface area (Å²) in [6.07, 6.45) is 0.784. The molecule has 118 valence electrons. The molecule has 0 aromatic heterocycles. The van der Waals surface area contributed by atoms with E-state index in [2.05, 4.69) is 0 Å². The maximum atomic E-state index is 12.5. The van der Waals surface area contributed by atoms with E-state index in [4.69, 9.17) is 4.74 Å². The number of esters is 1. The van der Waals surface area contributed by atoms with Crippen LogP contribution in [0.1, 0.15) is 23.3 Å². The Hall–Kier alpha value is -2.34. The van der Waals surface area contributed by atoms with Gasteiger partial charge in [-0.15, -0.1) is 0 Å². The first-order chi connectivity index (χ1) is 11.0. The number of carbonyl (C=O) groups is 1. The number of hydrogen-bond acceptors (Lipinski definition) is 4. The topological polar surface area (TPSA) is 63.7 Å². The summed E-state index contributed by atoms with van der Waals surface area (Å²) in [7, 11) is -3.56. The lowest BCUT2D eigenvalue weighted by Gasteiger charge is -2.49. The van der Waals surface area contributed by atoms with Crippen LogP contribution in [0.2, 0.25) is 0 Å². The van der Waals surface area contributed by atoms with Crippen molar-refractivity contribution in [2.75, 3.05) is 10.6 Å². The number of carbonyl (C=O) groups excluding carboxylic acids is 1. The lowest BCUT2D eigenvalue weighted by atomic mass is 9.78. The molecule has 0 spiro atoms. The van der Waals surface area contributed by atoms with Crippen molar-refractivity contribution in [1.29, 1.82) is 0 Å². The first-order valence-corrected chi connectivity index (χ1v) is 9.17. The van der Waals surface area contributed by atoms with Crippen molar-refractivity contribution < 1.29 is 17.9 Å². The van der Waals surface area contributed by atoms with Gasteiger partial charge in [0.2, 0.25) is 10.0 Å². The van der Waals surface area contributed by atoms with E-state index in [1.165, 1.54) is 10.6 Å². The molecule has 1 fully saturated rings. The summed E-state index contributed by atoms with van der Waals surface area (Å²) >= 11 is 0. The Morgan fingerprint density at radius 1 is 1.00 bits per heavy atom. The molecule has 2 aromatic rings. The van der Waals surface area contributed by atoms with Gasteiger partial charge in [-0.05, 0) is 11.6 Å². The van der Waals surface area contributed by atoms with E-state index in [0.29, 0.717) is 5.69 Å². The molecule has 0 N–H and O–H groups in total. The highest BCUT2D eigenvalue weighted by molar-refractivity contribution is 7.92. The third kappa shape index (κ3) is 2.05. The molecule has 3 atom stereocenters. The number of hydrogen-bond donors (Lipinski definition) is 0. The van der Waals surface area contributed by atoms with Crippen molar-refractivity contribution in [3.8, 4) is 0 Å². The highest BCUT2D eigenvalue weighted by atomic mass is 32.2. The molecule has 0 amide bonds. The minimum Gasteiger partial charge on any atom is -0.456 e. The number of anilines is 1. The first kappa shape index (κ1) is 14.3. The lowest BCUT2D eigenvalue weighted by molar-refractivity contribution is -0.189.